The van der Waals surface area contributed by atoms with Gasteiger partial charge in [0, 0.05) is 10.5 Å². The van der Waals surface area contributed by atoms with Crippen molar-refractivity contribution in [1.82, 2.24) is 9.97 Å². The second kappa shape index (κ2) is 6.67. The molecule has 1 aromatic heterocycles. The number of allylic oxidation sites excluding steroid dienone is 1. The molecule has 0 spiro atoms. The average molecular weight is 397 g/mol. The fraction of sp³-hybridized carbons (Fsp3) is 0. The van der Waals surface area contributed by atoms with Gasteiger partial charge in [-0.2, -0.15) is 5.26 Å². The Morgan fingerprint density at radius 1 is 1.32 bits per heavy atom. The van der Waals surface area contributed by atoms with E-state index in [-0.39, 0.29) is 22.6 Å². The lowest BCUT2D eigenvalue weighted by Crippen LogP contribution is -2.11. The molecule has 3 rings (SSSR count). The lowest BCUT2D eigenvalue weighted by atomic mass is 10.1. The van der Waals surface area contributed by atoms with E-state index < -0.39 is 10.5 Å². The Morgan fingerprint density at radius 2 is 2.08 bits per heavy atom. The molecule has 2 aromatic carbocycles. The van der Waals surface area contributed by atoms with Gasteiger partial charge in [-0.05, 0) is 30.3 Å². The molecule has 0 aliphatic heterocycles. The van der Waals surface area contributed by atoms with E-state index in [4.69, 9.17) is 0 Å². The lowest BCUT2D eigenvalue weighted by molar-refractivity contribution is -0.385. The van der Waals surface area contributed by atoms with Crippen LogP contribution in [0.15, 0.2) is 51.7 Å². The summed E-state index contributed by atoms with van der Waals surface area (Å²) in [5.41, 5.74) is 0.164. The molecular formula is C17H9BrN4O3. The van der Waals surface area contributed by atoms with E-state index in [9.17, 15) is 20.2 Å². The summed E-state index contributed by atoms with van der Waals surface area (Å²) in [5.74, 6) is 0.0560. The van der Waals surface area contributed by atoms with Crippen LogP contribution in [0.5, 0.6) is 0 Å². The van der Waals surface area contributed by atoms with E-state index in [1.807, 2.05) is 6.07 Å². The van der Waals surface area contributed by atoms with Crippen LogP contribution in [0, 0.1) is 21.4 Å². The molecule has 0 saturated carbocycles. The molecule has 0 aliphatic carbocycles. The van der Waals surface area contributed by atoms with Crippen LogP contribution >= 0.6 is 15.9 Å². The van der Waals surface area contributed by atoms with Gasteiger partial charge in [0.15, 0.2) is 5.82 Å². The van der Waals surface area contributed by atoms with Gasteiger partial charge in [-0.25, -0.2) is 4.98 Å². The SMILES string of the molecule is N#CC(=Cc1ccccc1[N+](=O)[O-])c1nc2ccc(Br)cc2c(=O)[nH]1. The predicted octanol–water partition coefficient (Wildman–Crippen LogP) is 3.66. The van der Waals surface area contributed by atoms with E-state index in [0.717, 1.165) is 4.47 Å². The molecule has 0 radical (unpaired) electrons. The second-order valence-electron chi connectivity index (χ2n) is 5.06. The van der Waals surface area contributed by atoms with Crippen LogP contribution in [0.2, 0.25) is 0 Å². The Hall–Kier alpha value is -3.31. The van der Waals surface area contributed by atoms with Crippen molar-refractivity contribution in [1.29, 1.82) is 5.26 Å². The average Bonchev–Trinajstić information content (AvgIpc) is 2.60. The number of nitriles is 1. The fourth-order valence-electron chi connectivity index (χ4n) is 2.32. The van der Waals surface area contributed by atoms with Gasteiger partial charge in [-0.3, -0.25) is 14.9 Å². The lowest BCUT2D eigenvalue weighted by Gasteiger charge is -2.03. The van der Waals surface area contributed by atoms with Gasteiger partial charge in [0.05, 0.1) is 27.0 Å². The number of hydrogen-bond acceptors (Lipinski definition) is 5. The Kier molecular flexibility index (Phi) is 4.41. The predicted molar refractivity (Wildman–Crippen MR) is 96.6 cm³/mol. The summed E-state index contributed by atoms with van der Waals surface area (Å²) < 4.78 is 0.732. The molecule has 25 heavy (non-hydrogen) atoms. The highest BCUT2D eigenvalue weighted by Crippen LogP contribution is 2.23. The number of aromatic amines is 1. The Morgan fingerprint density at radius 3 is 2.80 bits per heavy atom. The minimum absolute atomic E-state index is 0.0243. The van der Waals surface area contributed by atoms with Crippen molar-refractivity contribution in [2.75, 3.05) is 0 Å². The van der Waals surface area contributed by atoms with Gasteiger partial charge in [-0.1, -0.05) is 28.1 Å². The van der Waals surface area contributed by atoms with Crippen molar-refractivity contribution >= 4 is 44.2 Å². The number of halogens is 1. The number of para-hydroxylation sites is 1. The van der Waals surface area contributed by atoms with Crippen LogP contribution < -0.4 is 5.56 Å². The standard InChI is InChI=1S/C17H9BrN4O3/c18-12-5-6-14-13(8-12)17(23)21-16(20-14)11(9-19)7-10-3-1-2-4-15(10)22(24)25/h1-8H,(H,20,21,23). The second-order valence-corrected chi connectivity index (χ2v) is 5.98. The van der Waals surface area contributed by atoms with Crippen LogP contribution in [-0.2, 0) is 0 Å². The summed E-state index contributed by atoms with van der Waals surface area (Å²) in [6.45, 7) is 0. The smallest absolute Gasteiger partial charge is 0.276 e. The van der Waals surface area contributed by atoms with Gasteiger partial charge in [-0.15, -0.1) is 0 Å². The summed E-state index contributed by atoms with van der Waals surface area (Å²) in [7, 11) is 0. The van der Waals surface area contributed by atoms with Crippen LogP contribution in [0.3, 0.4) is 0 Å². The Bertz CT molecular complexity index is 1130. The van der Waals surface area contributed by atoms with E-state index in [2.05, 4.69) is 25.9 Å². The molecule has 1 N–H and O–H groups in total. The molecule has 122 valence electrons. The van der Waals surface area contributed by atoms with E-state index in [1.54, 1.807) is 24.3 Å². The van der Waals surface area contributed by atoms with E-state index >= 15 is 0 Å². The molecular weight excluding hydrogens is 388 g/mol. The molecule has 7 nitrogen and oxygen atoms in total. The Labute approximate surface area is 149 Å². The number of nitrogens with one attached hydrogen (secondary N) is 1. The van der Waals surface area contributed by atoms with Gasteiger partial charge in [0.2, 0.25) is 0 Å². The maximum Gasteiger partial charge on any atom is 0.276 e. The molecule has 0 aliphatic rings. The normalized spacial score (nSPS) is 11.3. The molecule has 0 atom stereocenters. The van der Waals surface area contributed by atoms with Crippen molar-refractivity contribution in [3.63, 3.8) is 0 Å². The summed E-state index contributed by atoms with van der Waals surface area (Å²) in [6.07, 6.45) is 1.33. The van der Waals surface area contributed by atoms with Gasteiger partial charge in [0.25, 0.3) is 11.2 Å². The maximum atomic E-state index is 12.2. The third-order valence-corrected chi connectivity index (χ3v) is 3.97. The zero-order valence-electron chi connectivity index (χ0n) is 12.6. The summed E-state index contributed by atoms with van der Waals surface area (Å²) >= 11 is 3.29. The highest BCUT2D eigenvalue weighted by molar-refractivity contribution is 9.10. The monoisotopic (exact) mass is 396 g/mol. The zero-order valence-corrected chi connectivity index (χ0v) is 14.1. The van der Waals surface area contributed by atoms with E-state index in [1.165, 1.54) is 24.3 Å². The van der Waals surface area contributed by atoms with Crippen molar-refractivity contribution in [2.24, 2.45) is 0 Å². The number of benzene rings is 2. The summed E-state index contributed by atoms with van der Waals surface area (Å²) in [6, 6.07) is 13.0. The summed E-state index contributed by atoms with van der Waals surface area (Å²) in [5, 5.41) is 20.9. The highest BCUT2D eigenvalue weighted by Gasteiger charge is 2.14. The number of nitro benzene ring substituents is 1. The number of hydrogen-bond donors (Lipinski definition) is 1. The van der Waals surface area contributed by atoms with E-state index in [0.29, 0.717) is 10.9 Å². The van der Waals surface area contributed by atoms with Crippen LogP contribution in [0.4, 0.5) is 5.69 Å². The zero-order chi connectivity index (χ0) is 18.0. The third kappa shape index (κ3) is 3.32. The molecule has 1 heterocycles. The quantitative estimate of drug-likeness (QED) is 0.412. The fourth-order valence-corrected chi connectivity index (χ4v) is 2.68. The molecule has 0 amide bonds. The van der Waals surface area contributed by atoms with Gasteiger partial charge in [0.1, 0.15) is 6.07 Å². The minimum Gasteiger partial charge on any atom is -0.305 e. The first-order valence-corrected chi connectivity index (χ1v) is 7.84. The highest BCUT2D eigenvalue weighted by atomic mass is 79.9. The first-order valence-electron chi connectivity index (χ1n) is 7.05. The molecule has 0 saturated heterocycles. The number of nitro groups is 1. The van der Waals surface area contributed by atoms with Crippen LogP contribution in [-0.4, -0.2) is 14.9 Å². The molecule has 8 heteroatoms. The topological polar surface area (TPSA) is 113 Å². The van der Waals surface area contributed by atoms with Gasteiger partial charge < -0.3 is 4.98 Å². The number of fused-ring (bicyclic) bond motifs is 1. The first kappa shape index (κ1) is 16.5. The van der Waals surface area contributed by atoms with Crippen molar-refractivity contribution in [3.8, 4) is 6.07 Å². The van der Waals surface area contributed by atoms with Crippen molar-refractivity contribution in [3.05, 3.63) is 78.8 Å². The van der Waals surface area contributed by atoms with Crippen molar-refractivity contribution in [2.45, 2.75) is 0 Å². The van der Waals surface area contributed by atoms with Crippen LogP contribution in [0.1, 0.15) is 11.4 Å². The number of aromatic nitrogens is 2. The molecule has 0 fully saturated rings. The largest absolute Gasteiger partial charge is 0.305 e. The number of H-pyrrole nitrogens is 1. The first-order chi connectivity index (χ1) is 12.0. The minimum atomic E-state index is -0.533. The number of rotatable bonds is 3. The molecule has 3 aromatic rings. The number of nitrogens with zero attached hydrogens (tertiary/aromatic N) is 3. The Balaban J connectivity index is 2.19. The molecule has 0 unspecified atom stereocenters. The third-order valence-electron chi connectivity index (χ3n) is 3.48. The van der Waals surface area contributed by atoms with Crippen molar-refractivity contribution < 1.29 is 4.92 Å². The maximum absolute atomic E-state index is 12.2. The molecule has 0 bridgehead atoms. The van der Waals surface area contributed by atoms with Crippen LogP contribution in [0.25, 0.3) is 22.6 Å². The summed E-state index contributed by atoms with van der Waals surface area (Å²) in [4.78, 5) is 29.6. The van der Waals surface area contributed by atoms with Gasteiger partial charge >= 0.3 is 0 Å².